The summed E-state index contributed by atoms with van der Waals surface area (Å²) in [6.45, 7) is 8.30. The molecule has 2 heteroatoms. The molecule has 0 aliphatic rings. The number of rotatable bonds is 9. The van der Waals surface area contributed by atoms with Gasteiger partial charge in [0.15, 0.2) is 0 Å². The first-order chi connectivity index (χ1) is 10.8. The summed E-state index contributed by atoms with van der Waals surface area (Å²) in [5.41, 5.74) is 4.70. The Labute approximate surface area is 133 Å². The van der Waals surface area contributed by atoms with Gasteiger partial charge in [-0.1, -0.05) is 38.1 Å². The third-order valence-electron chi connectivity index (χ3n) is 3.85. The van der Waals surface area contributed by atoms with Crippen LogP contribution in [0.15, 0.2) is 62.2 Å². The minimum Gasteiger partial charge on any atom is -0.264 e. The lowest BCUT2D eigenvalue weighted by Crippen LogP contribution is -1.87. The van der Waals surface area contributed by atoms with Crippen LogP contribution in [0.2, 0.25) is 0 Å². The van der Waals surface area contributed by atoms with E-state index in [4.69, 9.17) is 0 Å². The summed E-state index contributed by atoms with van der Waals surface area (Å²) in [4.78, 5) is 8.27. The van der Waals surface area contributed by atoms with Crippen molar-refractivity contribution < 1.29 is 0 Å². The van der Waals surface area contributed by atoms with Gasteiger partial charge in [0.1, 0.15) is 0 Å². The van der Waals surface area contributed by atoms with Gasteiger partial charge in [0.05, 0.1) is 0 Å². The Kier molecular flexibility index (Phi) is 6.56. The van der Waals surface area contributed by atoms with Gasteiger partial charge in [-0.15, -0.1) is 0 Å². The highest BCUT2D eigenvalue weighted by molar-refractivity contribution is 5.62. The Morgan fingerprint density at radius 2 is 1.18 bits per heavy atom. The molecule has 0 radical (unpaired) electrons. The van der Waals surface area contributed by atoms with Gasteiger partial charge in [-0.25, -0.2) is 0 Å². The van der Waals surface area contributed by atoms with E-state index in [0.29, 0.717) is 0 Å². The maximum Gasteiger partial charge on any atom is 0.0342 e. The second-order valence-electron chi connectivity index (χ2n) is 5.60. The van der Waals surface area contributed by atoms with Crippen LogP contribution in [-0.4, -0.2) is 9.97 Å². The topological polar surface area (TPSA) is 25.8 Å². The van der Waals surface area contributed by atoms with E-state index in [1.807, 2.05) is 24.5 Å². The molecule has 2 rings (SSSR count). The van der Waals surface area contributed by atoms with E-state index in [1.54, 1.807) is 12.4 Å². The maximum atomic E-state index is 4.15. The summed E-state index contributed by atoms with van der Waals surface area (Å²) in [6, 6.07) is 8.08. The van der Waals surface area contributed by atoms with Crippen molar-refractivity contribution in [3.63, 3.8) is 0 Å². The average Bonchev–Trinajstić information content (AvgIpc) is 2.59. The third kappa shape index (κ3) is 5.28. The monoisotopic (exact) mass is 292 g/mol. The van der Waals surface area contributed by atoms with Gasteiger partial charge in [-0.05, 0) is 60.1 Å². The standard InChI is InChI=1S/C20H24N2/c1-17(19-11-7-13-21-15-19)9-5-3-4-6-10-18(2)20-12-8-14-22-16-20/h7-8,11-16H,1-6,9-10H2. The van der Waals surface area contributed by atoms with Gasteiger partial charge in [0, 0.05) is 24.8 Å². The summed E-state index contributed by atoms with van der Waals surface area (Å²) < 4.78 is 0. The van der Waals surface area contributed by atoms with E-state index in [-0.39, 0.29) is 0 Å². The molecule has 2 aromatic rings. The summed E-state index contributed by atoms with van der Waals surface area (Å²) in [6.07, 6.45) is 14.3. The Hall–Kier alpha value is -2.22. The maximum absolute atomic E-state index is 4.15. The lowest BCUT2D eigenvalue weighted by atomic mass is 9.99. The molecule has 2 aromatic heterocycles. The highest BCUT2D eigenvalue weighted by atomic mass is 14.6. The van der Waals surface area contributed by atoms with E-state index in [1.165, 1.54) is 36.8 Å². The van der Waals surface area contributed by atoms with E-state index in [2.05, 4.69) is 35.3 Å². The Morgan fingerprint density at radius 1 is 0.727 bits per heavy atom. The fraction of sp³-hybridized carbons (Fsp3) is 0.300. The smallest absolute Gasteiger partial charge is 0.0342 e. The van der Waals surface area contributed by atoms with Crippen LogP contribution in [0, 0.1) is 0 Å². The van der Waals surface area contributed by atoms with Crippen molar-refractivity contribution in [1.29, 1.82) is 0 Å². The number of allylic oxidation sites excluding steroid dienone is 2. The van der Waals surface area contributed by atoms with Crippen molar-refractivity contribution >= 4 is 11.1 Å². The van der Waals surface area contributed by atoms with Crippen molar-refractivity contribution in [1.82, 2.24) is 9.97 Å². The predicted octanol–water partition coefficient (Wildman–Crippen LogP) is 5.54. The first-order valence-electron chi connectivity index (χ1n) is 7.94. The third-order valence-corrected chi connectivity index (χ3v) is 3.85. The molecule has 0 saturated carbocycles. The molecular formula is C20H24N2. The van der Waals surface area contributed by atoms with Crippen LogP contribution in [0.1, 0.15) is 49.7 Å². The quantitative estimate of drug-likeness (QED) is 0.567. The predicted molar refractivity (Wildman–Crippen MR) is 94.2 cm³/mol. The van der Waals surface area contributed by atoms with Gasteiger partial charge in [-0.3, -0.25) is 9.97 Å². The largest absolute Gasteiger partial charge is 0.264 e. The summed E-state index contributed by atoms with van der Waals surface area (Å²) in [5.74, 6) is 0. The van der Waals surface area contributed by atoms with Gasteiger partial charge in [0.25, 0.3) is 0 Å². The molecule has 0 aliphatic heterocycles. The first-order valence-corrected chi connectivity index (χ1v) is 7.94. The first kappa shape index (κ1) is 16.2. The minimum absolute atomic E-state index is 1.05. The molecule has 0 aliphatic carbocycles. The van der Waals surface area contributed by atoms with E-state index >= 15 is 0 Å². The highest BCUT2D eigenvalue weighted by Crippen LogP contribution is 2.21. The molecule has 2 heterocycles. The molecule has 0 amide bonds. The van der Waals surface area contributed by atoms with Gasteiger partial charge in [0.2, 0.25) is 0 Å². The number of pyridine rings is 2. The van der Waals surface area contributed by atoms with Gasteiger partial charge in [-0.2, -0.15) is 0 Å². The summed E-state index contributed by atoms with van der Waals surface area (Å²) >= 11 is 0. The van der Waals surface area contributed by atoms with Crippen LogP contribution >= 0.6 is 0 Å². The molecule has 114 valence electrons. The second kappa shape index (κ2) is 8.93. The number of aromatic nitrogens is 2. The zero-order chi connectivity index (χ0) is 15.6. The zero-order valence-electron chi connectivity index (χ0n) is 13.2. The number of hydrogen-bond donors (Lipinski definition) is 0. The van der Waals surface area contributed by atoms with Crippen LogP contribution in [0.5, 0.6) is 0 Å². The van der Waals surface area contributed by atoms with Crippen molar-refractivity contribution in [2.24, 2.45) is 0 Å². The van der Waals surface area contributed by atoms with Gasteiger partial charge >= 0.3 is 0 Å². The molecule has 0 aromatic carbocycles. The normalized spacial score (nSPS) is 10.4. The summed E-state index contributed by atoms with van der Waals surface area (Å²) in [7, 11) is 0. The molecule has 0 bridgehead atoms. The minimum atomic E-state index is 1.05. The fourth-order valence-electron chi connectivity index (χ4n) is 2.46. The average molecular weight is 292 g/mol. The zero-order valence-corrected chi connectivity index (χ0v) is 13.2. The van der Waals surface area contributed by atoms with Crippen LogP contribution in [0.25, 0.3) is 11.1 Å². The molecule has 2 nitrogen and oxygen atoms in total. The molecule has 0 atom stereocenters. The van der Waals surface area contributed by atoms with E-state index in [9.17, 15) is 0 Å². The van der Waals surface area contributed by atoms with Crippen molar-refractivity contribution in [3.8, 4) is 0 Å². The number of unbranched alkanes of at least 4 members (excludes halogenated alkanes) is 3. The van der Waals surface area contributed by atoms with Crippen LogP contribution in [0.3, 0.4) is 0 Å². The lowest BCUT2D eigenvalue weighted by Gasteiger charge is -2.07. The van der Waals surface area contributed by atoms with Crippen LogP contribution in [0.4, 0.5) is 0 Å². The SMILES string of the molecule is C=C(CCCCCCC(=C)c1cccnc1)c1cccnc1. The Balaban J connectivity index is 1.58. The number of nitrogens with zero attached hydrogens (tertiary/aromatic N) is 2. The summed E-state index contributed by atoms with van der Waals surface area (Å²) in [5, 5.41) is 0. The Morgan fingerprint density at radius 3 is 1.55 bits per heavy atom. The molecular weight excluding hydrogens is 268 g/mol. The molecule has 0 fully saturated rings. The molecule has 0 saturated heterocycles. The highest BCUT2D eigenvalue weighted by Gasteiger charge is 2.01. The number of hydrogen-bond acceptors (Lipinski definition) is 2. The lowest BCUT2D eigenvalue weighted by molar-refractivity contribution is 0.659. The molecule has 0 unspecified atom stereocenters. The molecule has 22 heavy (non-hydrogen) atoms. The second-order valence-corrected chi connectivity index (χ2v) is 5.60. The Bertz CT molecular complexity index is 532. The van der Waals surface area contributed by atoms with E-state index < -0.39 is 0 Å². The van der Waals surface area contributed by atoms with Crippen molar-refractivity contribution in [2.75, 3.05) is 0 Å². The van der Waals surface area contributed by atoms with Crippen molar-refractivity contribution in [2.45, 2.75) is 38.5 Å². The van der Waals surface area contributed by atoms with E-state index in [0.717, 1.165) is 24.0 Å². The van der Waals surface area contributed by atoms with Gasteiger partial charge < -0.3 is 0 Å². The molecule has 0 N–H and O–H groups in total. The van der Waals surface area contributed by atoms with Crippen molar-refractivity contribution in [3.05, 3.63) is 73.3 Å². The van der Waals surface area contributed by atoms with Crippen LogP contribution in [-0.2, 0) is 0 Å². The fourth-order valence-corrected chi connectivity index (χ4v) is 2.46. The molecule has 0 spiro atoms. The van der Waals surface area contributed by atoms with Crippen LogP contribution < -0.4 is 0 Å².